The number of fused-ring (bicyclic) bond motifs is 1. The second-order valence-corrected chi connectivity index (χ2v) is 4.74. The van der Waals surface area contributed by atoms with E-state index in [4.69, 9.17) is 0 Å². The number of likely N-dealkylation sites (N-methyl/N-ethyl adjacent to an activating group) is 1. The van der Waals surface area contributed by atoms with Gasteiger partial charge in [-0.25, -0.2) is 0 Å². The molecule has 4 nitrogen and oxygen atoms in total. The summed E-state index contributed by atoms with van der Waals surface area (Å²) in [7, 11) is 2.01. The smallest absolute Gasteiger partial charge is 0.116 e. The summed E-state index contributed by atoms with van der Waals surface area (Å²) in [5.74, 6) is 0.217. The zero-order chi connectivity index (χ0) is 11.3. The zero-order valence-corrected chi connectivity index (χ0v) is 9.27. The number of aliphatic hydroxyl groups is 1. The molecule has 1 aromatic carbocycles. The van der Waals surface area contributed by atoms with E-state index in [0.29, 0.717) is 0 Å². The summed E-state index contributed by atoms with van der Waals surface area (Å²) in [5.41, 5.74) is 1.64. The van der Waals surface area contributed by atoms with Gasteiger partial charge in [0.2, 0.25) is 0 Å². The van der Waals surface area contributed by atoms with Gasteiger partial charge in [0.25, 0.3) is 0 Å². The minimum Gasteiger partial charge on any atom is -0.508 e. The number of nitrogens with one attached hydrogen (secondary N) is 1. The van der Waals surface area contributed by atoms with Crippen LogP contribution in [0, 0.1) is 0 Å². The highest BCUT2D eigenvalue weighted by atomic mass is 16.3. The van der Waals surface area contributed by atoms with Gasteiger partial charge in [-0.05, 0) is 31.2 Å². The first-order chi connectivity index (χ1) is 7.65. The third-order valence-corrected chi connectivity index (χ3v) is 4.01. The normalized spacial score (nSPS) is 32.4. The summed E-state index contributed by atoms with van der Waals surface area (Å²) >= 11 is 0. The number of nitrogens with zero attached hydrogens (tertiary/aromatic N) is 1. The summed E-state index contributed by atoms with van der Waals surface area (Å²) < 4.78 is 0. The van der Waals surface area contributed by atoms with Crippen LogP contribution in [-0.2, 0) is 0 Å². The van der Waals surface area contributed by atoms with E-state index < -0.39 is 6.10 Å². The first-order valence-electron chi connectivity index (χ1n) is 5.61. The van der Waals surface area contributed by atoms with Gasteiger partial charge in [0, 0.05) is 24.8 Å². The monoisotopic (exact) mass is 220 g/mol. The summed E-state index contributed by atoms with van der Waals surface area (Å²) in [5, 5.41) is 23.2. The topological polar surface area (TPSA) is 55.7 Å². The third kappa shape index (κ3) is 1.06. The van der Waals surface area contributed by atoms with Crippen LogP contribution in [0.25, 0.3) is 0 Å². The van der Waals surface area contributed by atoms with Crippen molar-refractivity contribution in [3.8, 4) is 5.75 Å². The van der Waals surface area contributed by atoms with Gasteiger partial charge in [0.05, 0.1) is 5.54 Å². The SMILES string of the molecule is CN1c2ccc(O)cc2C(O)C12CCNC2. The molecule has 1 spiro atoms. The minimum atomic E-state index is -0.519. The molecular formula is C12H16N2O2. The molecule has 0 aliphatic carbocycles. The van der Waals surface area contributed by atoms with E-state index >= 15 is 0 Å². The fourth-order valence-electron chi connectivity index (χ4n) is 3.00. The molecule has 0 bridgehead atoms. The molecule has 2 aliphatic rings. The Labute approximate surface area is 94.5 Å². The van der Waals surface area contributed by atoms with Gasteiger partial charge in [-0.15, -0.1) is 0 Å². The average molecular weight is 220 g/mol. The van der Waals surface area contributed by atoms with Crippen LogP contribution in [0.5, 0.6) is 5.75 Å². The van der Waals surface area contributed by atoms with Gasteiger partial charge >= 0.3 is 0 Å². The van der Waals surface area contributed by atoms with E-state index in [0.717, 1.165) is 30.8 Å². The third-order valence-electron chi connectivity index (χ3n) is 4.01. The van der Waals surface area contributed by atoms with Gasteiger partial charge in [-0.3, -0.25) is 0 Å². The summed E-state index contributed by atoms with van der Waals surface area (Å²) in [4.78, 5) is 2.15. The predicted octanol–water partition coefficient (Wildman–Crippen LogP) is 0.607. The molecule has 2 aliphatic heterocycles. The second-order valence-electron chi connectivity index (χ2n) is 4.74. The number of anilines is 1. The fourth-order valence-corrected chi connectivity index (χ4v) is 3.00. The van der Waals surface area contributed by atoms with Crippen molar-refractivity contribution in [2.75, 3.05) is 25.0 Å². The largest absolute Gasteiger partial charge is 0.508 e. The lowest BCUT2D eigenvalue weighted by atomic mass is 9.90. The summed E-state index contributed by atoms with van der Waals surface area (Å²) in [6.07, 6.45) is 0.412. The van der Waals surface area contributed by atoms with Gasteiger partial charge in [0.15, 0.2) is 0 Å². The van der Waals surface area contributed by atoms with E-state index in [1.807, 2.05) is 13.1 Å². The minimum absolute atomic E-state index is 0.217. The second kappa shape index (κ2) is 3.12. The van der Waals surface area contributed by atoms with Crippen molar-refractivity contribution in [1.29, 1.82) is 0 Å². The molecule has 16 heavy (non-hydrogen) atoms. The molecule has 3 rings (SSSR count). The molecule has 2 atom stereocenters. The summed E-state index contributed by atoms with van der Waals surface area (Å²) in [6.45, 7) is 1.72. The fraction of sp³-hybridized carbons (Fsp3) is 0.500. The van der Waals surface area contributed by atoms with Crippen molar-refractivity contribution in [2.24, 2.45) is 0 Å². The number of rotatable bonds is 0. The zero-order valence-electron chi connectivity index (χ0n) is 9.27. The van der Waals surface area contributed by atoms with Crippen LogP contribution in [0.15, 0.2) is 18.2 Å². The highest BCUT2D eigenvalue weighted by Gasteiger charge is 2.50. The van der Waals surface area contributed by atoms with Crippen molar-refractivity contribution in [2.45, 2.75) is 18.1 Å². The number of aromatic hydroxyl groups is 1. The number of hydrogen-bond donors (Lipinski definition) is 3. The van der Waals surface area contributed by atoms with Crippen LogP contribution < -0.4 is 10.2 Å². The van der Waals surface area contributed by atoms with Gasteiger partial charge in [-0.1, -0.05) is 0 Å². The van der Waals surface area contributed by atoms with E-state index in [-0.39, 0.29) is 11.3 Å². The lowest BCUT2D eigenvalue weighted by molar-refractivity contribution is 0.105. The molecule has 0 aromatic heterocycles. The lowest BCUT2D eigenvalue weighted by Gasteiger charge is -2.35. The number of phenolic OH excluding ortho intramolecular Hbond substituents is 1. The average Bonchev–Trinajstić information content (AvgIpc) is 2.83. The maximum absolute atomic E-state index is 10.4. The van der Waals surface area contributed by atoms with Crippen molar-refractivity contribution < 1.29 is 10.2 Å². The van der Waals surface area contributed by atoms with Crippen molar-refractivity contribution in [1.82, 2.24) is 5.32 Å². The molecule has 1 aromatic rings. The van der Waals surface area contributed by atoms with Crippen LogP contribution in [0.2, 0.25) is 0 Å². The molecule has 1 fully saturated rings. The van der Waals surface area contributed by atoms with Crippen molar-refractivity contribution >= 4 is 5.69 Å². The van der Waals surface area contributed by atoms with Gasteiger partial charge in [0.1, 0.15) is 11.9 Å². The predicted molar refractivity (Wildman–Crippen MR) is 61.7 cm³/mol. The molecule has 1 saturated heterocycles. The molecule has 0 saturated carbocycles. The van der Waals surface area contributed by atoms with E-state index in [1.165, 1.54) is 0 Å². The Hall–Kier alpha value is -1.26. The van der Waals surface area contributed by atoms with Crippen molar-refractivity contribution in [3.63, 3.8) is 0 Å². The number of aliphatic hydroxyl groups excluding tert-OH is 1. The lowest BCUT2D eigenvalue weighted by Crippen LogP contribution is -2.48. The Balaban J connectivity index is 2.12. The Kier molecular flexibility index (Phi) is 1.94. The summed E-state index contributed by atoms with van der Waals surface area (Å²) in [6, 6.07) is 5.22. The first kappa shape index (κ1) is 9.93. The standard InChI is InChI=1S/C12H16N2O2/c1-14-10-3-2-8(15)6-9(10)11(16)12(14)4-5-13-7-12/h2-3,6,11,13,15-16H,4-5,7H2,1H3. The number of phenols is 1. The van der Waals surface area contributed by atoms with Crippen LogP contribution in [-0.4, -0.2) is 35.9 Å². The number of hydrogen-bond acceptors (Lipinski definition) is 4. The van der Waals surface area contributed by atoms with Crippen LogP contribution >= 0.6 is 0 Å². The molecule has 4 heteroatoms. The molecular weight excluding hydrogens is 204 g/mol. The maximum Gasteiger partial charge on any atom is 0.116 e. The van der Waals surface area contributed by atoms with Crippen LogP contribution in [0.1, 0.15) is 18.1 Å². The number of benzene rings is 1. The first-order valence-corrected chi connectivity index (χ1v) is 5.61. The van der Waals surface area contributed by atoms with Crippen LogP contribution in [0.3, 0.4) is 0 Å². The van der Waals surface area contributed by atoms with Crippen LogP contribution in [0.4, 0.5) is 5.69 Å². The Morgan fingerprint density at radius 3 is 3.00 bits per heavy atom. The Bertz CT molecular complexity index is 427. The van der Waals surface area contributed by atoms with Gasteiger partial charge < -0.3 is 20.4 Å². The van der Waals surface area contributed by atoms with E-state index in [1.54, 1.807) is 12.1 Å². The Morgan fingerprint density at radius 2 is 2.31 bits per heavy atom. The van der Waals surface area contributed by atoms with Gasteiger partial charge in [-0.2, -0.15) is 0 Å². The molecule has 2 heterocycles. The van der Waals surface area contributed by atoms with Crippen molar-refractivity contribution in [3.05, 3.63) is 23.8 Å². The molecule has 86 valence electrons. The molecule has 0 amide bonds. The molecule has 0 radical (unpaired) electrons. The maximum atomic E-state index is 10.4. The van der Waals surface area contributed by atoms with E-state index in [9.17, 15) is 10.2 Å². The molecule has 2 unspecified atom stereocenters. The molecule has 3 N–H and O–H groups in total. The Morgan fingerprint density at radius 1 is 1.50 bits per heavy atom. The quantitative estimate of drug-likeness (QED) is 0.599. The highest BCUT2D eigenvalue weighted by molar-refractivity contribution is 5.65. The highest BCUT2D eigenvalue weighted by Crippen LogP contribution is 2.48. The van der Waals surface area contributed by atoms with E-state index in [2.05, 4.69) is 10.2 Å².